The second-order valence-electron chi connectivity index (χ2n) is 6.72. The molecule has 0 aromatic heterocycles. The van der Waals surface area contributed by atoms with Crippen LogP contribution in [0.5, 0.6) is 11.5 Å². The van der Waals surface area contributed by atoms with Gasteiger partial charge in [-0.1, -0.05) is 6.07 Å². The highest BCUT2D eigenvalue weighted by Crippen LogP contribution is 2.31. The van der Waals surface area contributed by atoms with E-state index in [1.54, 1.807) is 6.92 Å². The van der Waals surface area contributed by atoms with Crippen LogP contribution in [-0.2, 0) is 20.0 Å². The first kappa shape index (κ1) is 22.4. The van der Waals surface area contributed by atoms with E-state index in [0.29, 0.717) is 37.8 Å². The van der Waals surface area contributed by atoms with Crippen LogP contribution in [-0.4, -0.2) is 47.4 Å². The van der Waals surface area contributed by atoms with E-state index in [9.17, 15) is 16.8 Å². The molecular formula is C20H26N2O6S2. The van der Waals surface area contributed by atoms with Gasteiger partial charge in [-0.05, 0) is 57.0 Å². The standard InChI is InChI=1S/C20H26N2O6S2/c1-3-27-19-11-10-17(15-20(19)28-4-2)29(23,24)21-16-8-7-9-18(14-16)30(25,26)22-12-5-6-13-22/h7-11,14-15,21H,3-6,12-13H2,1-2H3. The van der Waals surface area contributed by atoms with E-state index in [2.05, 4.69) is 4.72 Å². The average molecular weight is 455 g/mol. The fourth-order valence-electron chi connectivity index (χ4n) is 3.21. The highest BCUT2D eigenvalue weighted by atomic mass is 32.2. The van der Waals surface area contributed by atoms with Crippen molar-refractivity contribution in [2.45, 2.75) is 36.5 Å². The molecule has 164 valence electrons. The summed E-state index contributed by atoms with van der Waals surface area (Å²) in [6.07, 6.45) is 1.65. The topological polar surface area (TPSA) is 102 Å². The van der Waals surface area contributed by atoms with Gasteiger partial charge in [0.2, 0.25) is 10.0 Å². The smallest absolute Gasteiger partial charge is 0.262 e. The SMILES string of the molecule is CCOc1ccc(S(=O)(=O)Nc2cccc(S(=O)(=O)N3CCCC3)c2)cc1OCC. The van der Waals surface area contributed by atoms with Gasteiger partial charge in [0.05, 0.1) is 28.7 Å². The summed E-state index contributed by atoms with van der Waals surface area (Å²) >= 11 is 0. The minimum absolute atomic E-state index is 0.0118. The number of hydrogen-bond acceptors (Lipinski definition) is 6. The summed E-state index contributed by atoms with van der Waals surface area (Å²) in [7, 11) is -7.61. The second-order valence-corrected chi connectivity index (χ2v) is 10.3. The average Bonchev–Trinajstić information content (AvgIpc) is 3.25. The van der Waals surface area contributed by atoms with Gasteiger partial charge >= 0.3 is 0 Å². The third kappa shape index (κ3) is 4.88. The zero-order chi connectivity index (χ0) is 21.8. The number of ether oxygens (including phenoxy) is 2. The lowest BCUT2D eigenvalue weighted by Crippen LogP contribution is -2.27. The van der Waals surface area contributed by atoms with Crippen LogP contribution in [0.25, 0.3) is 0 Å². The Morgan fingerprint density at radius 1 is 0.867 bits per heavy atom. The second kappa shape index (κ2) is 9.23. The molecule has 0 aliphatic carbocycles. The molecule has 0 atom stereocenters. The molecular weight excluding hydrogens is 428 g/mol. The van der Waals surface area contributed by atoms with Crippen LogP contribution in [0.15, 0.2) is 52.3 Å². The van der Waals surface area contributed by atoms with E-state index in [1.165, 1.54) is 46.8 Å². The van der Waals surface area contributed by atoms with Crippen molar-refractivity contribution < 1.29 is 26.3 Å². The van der Waals surface area contributed by atoms with E-state index < -0.39 is 20.0 Å². The summed E-state index contributed by atoms with van der Waals surface area (Å²) in [6.45, 7) is 5.35. The number of anilines is 1. The van der Waals surface area contributed by atoms with Crippen LogP contribution in [0.3, 0.4) is 0 Å². The molecule has 1 saturated heterocycles. The predicted octanol–water partition coefficient (Wildman–Crippen LogP) is 3.07. The Labute approximate surface area is 177 Å². The molecule has 2 aromatic rings. The van der Waals surface area contributed by atoms with Gasteiger partial charge in [-0.25, -0.2) is 16.8 Å². The number of benzene rings is 2. The number of sulfonamides is 2. The number of rotatable bonds is 9. The first-order chi connectivity index (χ1) is 14.3. The van der Waals surface area contributed by atoms with Crippen molar-refractivity contribution in [3.63, 3.8) is 0 Å². The van der Waals surface area contributed by atoms with Gasteiger partial charge in [-0.3, -0.25) is 4.72 Å². The summed E-state index contributed by atoms with van der Waals surface area (Å²) in [4.78, 5) is 0.0495. The van der Waals surface area contributed by atoms with Crippen LogP contribution < -0.4 is 14.2 Å². The van der Waals surface area contributed by atoms with Crippen molar-refractivity contribution in [2.24, 2.45) is 0 Å². The lowest BCUT2D eigenvalue weighted by molar-refractivity contribution is 0.287. The number of nitrogens with one attached hydrogen (secondary N) is 1. The van der Waals surface area contributed by atoms with Gasteiger partial charge < -0.3 is 9.47 Å². The molecule has 30 heavy (non-hydrogen) atoms. The maximum atomic E-state index is 12.9. The summed E-state index contributed by atoms with van der Waals surface area (Å²) in [5.74, 6) is 0.782. The molecule has 3 rings (SSSR count). The molecule has 10 heteroatoms. The monoisotopic (exact) mass is 454 g/mol. The van der Waals surface area contributed by atoms with Crippen LogP contribution in [0.2, 0.25) is 0 Å². The third-order valence-electron chi connectivity index (χ3n) is 4.61. The fraction of sp³-hybridized carbons (Fsp3) is 0.400. The molecule has 1 fully saturated rings. The Morgan fingerprint density at radius 2 is 1.53 bits per heavy atom. The summed E-state index contributed by atoms with van der Waals surface area (Å²) in [6, 6.07) is 10.2. The van der Waals surface area contributed by atoms with Crippen LogP contribution in [0.4, 0.5) is 5.69 Å². The van der Waals surface area contributed by atoms with Crippen molar-refractivity contribution >= 4 is 25.7 Å². The van der Waals surface area contributed by atoms with Gasteiger partial charge in [0.25, 0.3) is 10.0 Å². The van der Waals surface area contributed by atoms with Crippen molar-refractivity contribution in [3.05, 3.63) is 42.5 Å². The lowest BCUT2D eigenvalue weighted by atomic mass is 10.3. The highest BCUT2D eigenvalue weighted by Gasteiger charge is 2.27. The molecule has 0 bridgehead atoms. The molecule has 8 nitrogen and oxygen atoms in total. The Morgan fingerprint density at radius 3 is 2.20 bits per heavy atom. The van der Waals surface area contributed by atoms with Gasteiger partial charge in [0.15, 0.2) is 11.5 Å². The van der Waals surface area contributed by atoms with Gasteiger partial charge in [-0.15, -0.1) is 0 Å². The Kier molecular flexibility index (Phi) is 6.89. The molecule has 1 aliphatic heterocycles. The molecule has 0 saturated carbocycles. The maximum Gasteiger partial charge on any atom is 0.262 e. The van der Waals surface area contributed by atoms with Crippen molar-refractivity contribution in [2.75, 3.05) is 31.0 Å². The zero-order valence-corrected chi connectivity index (χ0v) is 18.6. The van der Waals surface area contributed by atoms with E-state index in [0.717, 1.165) is 12.8 Å². The fourth-order valence-corrected chi connectivity index (χ4v) is 5.84. The predicted molar refractivity (Wildman–Crippen MR) is 114 cm³/mol. The first-order valence-corrected chi connectivity index (χ1v) is 12.7. The summed E-state index contributed by atoms with van der Waals surface area (Å²) in [5.41, 5.74) is 0.169. The quantitative estimate of drug-likeness (QED) is 0.625. The Hall–Kier alpha value is -2.30. The maximum absolute atomic E-state index is 12.9. The zero-order valence-electron chi connectivity index (χ0n) is 17.0. The van der Waals surface area contributed by atoms with Crippen LogP contribution in [0.1, 0.15) is 26.7 Å². The van der Waals surface area contributed by atoms with Gasteiger partial charge in [0.1, 0.15) is 0 Å². The summed E-state index contributed by atoms with van der Waals surface area (Å²) in [5, 5.41) is 0. The Balaban J connectivity index is 1.88. The molecule has 1 aliphatic rings. The largest absolute Gasteiger partial charge is 0.490 e. The van der Waals surface area contributed by atoms with Crippen LogP contribution in [0, 0.1) is 0 Å². The van der Waals surface area contributed by atoms with Gasteiger partial charge in [-0.2, -0.15) is 4.31 Å². The highest BCUT2D eigenvalue weighted by molar-refractivity contribution is 7.92. The molecule has 0 spiro atoms. The van der Waals surface area contributed by atoms with Crippen molar-refractivity contribution in [1.82, 2.24) is 4.31 Å². The van der Waals surface area contributed by atoms with Crippen LogP contribution >= 0.6 is 0 Å². The van der Waals surface area contributed by atoms with E-state index in [4.69, 9.17) is 9.47 Å². The number of hydrogen-bond donors (Lipinski definition) is 1. The minimum Gasteiger partial charge on any atom is -0.490 e. The van der Waals surface area contributed by atoms with E-state index >= 15 is 0 Å². The minimum atomic E-state index is -3.96. The molecule has 0 radical (unpaired) electrons. The van der Waals surface area contributed by atoms with E-state index in [-0.39, 0.29) is 15.5 Å². The summed E-state index contributed by atoms with van der Waals surface area (Å²) < 4.78 is 66.1. The Bertz CT molecular complexity index is 1090. The third-order valence-corrected chi connectivity index (χ3v) is 7.89. The van der Waals surface area contributed by atoms with E-state index in [1.807, 2.05) is 6.92 Å². The lowest BCUT2D eigenvalue weighted by Gasteiger charge is -2.17. The number of nitrogens with zero attached hydrogens (tertiary/aromatic N) is 1. The molecule has 0 amide bonds. The van der Waals surface area contributed by atoms with Crippen molar-refractivity contribution in [3.8, 4) is 11.5 Å². The van der Waals surface area contributed by atoms with Gasteiger partial charge in [0, 0.05) is 19.2 Å². The normalized spacial score (nSPS) is 15.1. The van der Waals surface area contributed by atoms with Crippen molar-refractivity contribution in [1.29, 1.82) is 0 Å². The molecule has 2 aromatic carbocycles. The molecule has 1 N–H and O–H groups in total. The molecule has 0 unspecified atom stereocenters. The molecule has 1 heterocycles. The first-order valence-electron chi connectivity index (χ1n) is 9.80.